The van der Waals surface area contributed by atoms with E-state index in [0.717, 1.165) is 5.56 Å². The molecule has 20 heavy (non-hydrogen) atoms. The lowest BCUT2D eigenvalue weighted by Crippen LogP contribution is -2.50. The molecule has 3 aliphatic rings. The van der Waals surface area contributed by atoms with E-state index >= 15 is 0 Å². The molecule has 0 saturated heterocycles. The fourth-order valence-electron chi connectivity index (χ4n) is 3.40. The van der Waals surface area contributed by atoms with Crippen LogP contribution in [0.2, 0.25) is 0 Å². The van der Waals surface area contributed by atoms with Crippen molar-refractivity contribution in [2.45, 2.75) is 32.4 Å². The average molecular weight is 271 g/mol. The number of amides is 1. The third-order valence-electron chi connectivity index (χ3n) is 4.64. The number of carbonyl (C=O) groups is 1. The Bertz CT molecular complexity index is 497. The Morgan fingerprint density at radius 1 is 1.20 bits per heavy atom. The number of rotatable bonds is 3. The summed E-state index contributed by atoms with van der Waals surface area (Å²) in [4.78, 5) is 11.9. The number of ether oxygens (including phenoxy) is 1. The molecule has 1 saturated carbocycles. The third kappa shape index (κ3) is 2.72. The molecule has 0 radical (unpaired) electrons. The monoisotopic (exact) mass is 271 g/mol. The Labute approximate surface area is 120 Å². The van der Waals surface area contributed by atoms with Crippen LogP contribution in [0.25, 0.3) is 0 Å². The summed E-state index contributed by atoms with van der Waals surface area (Å²) in [7, 11) is 0. The van der Waals surface area contributed by atoms with Crippen molar-refractivity contribution in [1.82, 2.24) is 5.32 Å². The molecule has 0 aromatic heterocycles. The van der Waals surface area contributed by atoms with Crippen molar-refractivity contribution in [3.8, 4) is 0 Å². The molecule has 1 amide bonds. The van der Waals surface area contributed by atoms with Gasteiger partial charge in [0.1, 0.15) is 6.61 Å². The summed E-state index contributed by atoms with van der Waals surface area (Å²) in [5.74, 6) is 1.58. The van der Waals surface area contributed by atoms with Gasteiger partial charge in [-0.25, -0.2) is 4.79 Å². The molecule has 3 aliphatic carbocycles. The summed E-state index contributed by atoms with van der Waals surface area (Å²) < 4.78 is 5.31. The molecule has 0 spiro atoms. The Kier molecular flexibility index (Phi) is 3.77. The van der Waals surface area contributed by atoms with Gasteiger partial charge in [-0.05, 0) is 36.2 Å². The number of hydrogen-bond donors (Lipinski definition) is 1. The quantitative estimate of drug-likeness (QED) is 0.854. The smallest absolute Gasteiger partial charge is 0.407 e. The molecule has 4 atom stereocenters. The SMILES string of the molecule is C[C@H]1[C@H](NC(=O)OCc2ccccc2)[C@@H]2C=C[C@H]1CC2. The van der Waals surface area contributed by atoms with E-state index in [9.17, 15) is 4.79 Å². The molecule has 2 bridgehead atoms. The van der Waals surface area contributed by atoms with Crippen LogP contribution in [0.4, 0.5) is 4.79 Å². The Morgan fingerprint density at radius 2 is 1.90 bits per heavy atom. The van der Waals surface area contributed by atoms with Gasteiger partial charge in [-0.2, -0.15) is 0 Å². The molecular formula is C17H21NO2. The van der Waals surface area contributed by atoms with Gasteiger partial charge in [-0.1, -0.05) is 49.4 Å². The minimum absolute atomic E-state index is 0.224. The number of hydrogen-bond acceptors (Lipinski definition) is 2. The summed E-state index contributed by atoms with van der Waals surface area (Å²) in [5, 5.41) is 3.06. The van der Waals surface area contributed by atoms with E-state index < -0.39 is 0 Å². The van der Waals surface area contributed by atoms with Gasteiger partial charge in [0.25, 0.3) is 0 Å². The second kappa shape index (κ2) is 5.70. The zero-order valence-electron chi connectivity index (χ0n) is 11.8. The number of benzene rings is 1. The molecule has 106 valence electrons. The van der Waals surface area contributed by atoms with Gasteiger partial charge in [0, 0.05) is 6.04 Å². The first-order chi connectivity index (χ1) is 9.74. The topological polar surface area (TPSA) is 38.3 Å². The van der Waals surface area contributed by atoms with Crippen LogP contribution >= 0.6 is 0 Å². The van der Waals surface area contributed by atoms with Crippen molar-refractivity contribution in [1.29, 1.82) is 0 Å². The van der Waals surface area contributed by atoms with Crippen LogP contribution in [0, 0.1) is 17.8 Å². The average Bonchev–Trinajstić information content (AvgIpc) is 2.50. The van der Waals surface area contributed by atoms with Crippen molar-refractivity contribution in [3.05, 3.63) is 48.0 Å². The van der Waals surface area contributed by atoms with Gasteiger partial charge in [0.15, 0.2) is 0 Å². The molecule has 1 N–H and O–H groups in total. The van der Waals surface area contributed by atoms with Crippen LogP contribution in [0.15, 0.2) is 42.5 Å². The summed E-state index contributed by atoms with van der Waals surface area (Å²) >= 11 is 0. The van der Waals surface area contributed by atoms with Gasteiger partial charge < -0.3 is 10.1 Å². The molecular weight excluding hydrogens is 250 g/mol. The maximum Gasteiger partial charge on any atom is 0.407 e. The fraction of sp³-hybridized carbons (Fsp3) is 0.471. The highest BCUT2D eigenvalue weighted by Gasteiger charge is 2.38. The fourth-order valence-corrected chi connectivity index (χ4v) is 3.40. The Morgan fingerprint density at radius 3 is 2.55 bits per heavy atom. The highest BCUT2D eigenvalue weighted by molar-refractivity contribution is 5.67. The number of fused-ring (bicyclic) bond motifs is 2. The van der Waals surface area contributed by atoms with E-state index in [1.54, 1.807) is 0 Å². The zero-order chi connectivity index (χ0) is 13.9. The van der Waals surface area contributed by atoms with Crippen LogP contribution in [-0.4, -0.2) is 12.1 Å². The lowest BCUT2D eigenvalue weighted by Gasteiger charge is -2.43. The molecule has 3 heteroatoms. The molecule has 0 unspecified atom stereocenters. The molecule has 3 nitrogen and oxygen atoms in total. The van der Waals surface area contributed by atoms with Crippen LogP contribution in [-0.2, 0) is 11.3 Å². The van der Waals surface area contributed by atoms with Crippen LogP contribution in [0.5, 0.6) is 0 Å². The highest BCUT2D eigenvalue weighted by Crippen LogP contribution is 2.40. The van der Waals surface area contributed by atoms with E-state index in [1.165, 1.54) is 12.8 Å². The first-order valence-electron chi connectivity index (χ1n) is 7.39. The predicted molar refractivity (Wildman–Crippen MR) is 78.1 cm³/mol. The van der Waals surface area contributed by atoms with Gasteiger partial charge >= 0.3 is 6.09 Å². The van der Waals surface area contributed by atoms with Crippen LogP contribution < -0.4 is 5.32 Å². The number of alkyl carbamates (subject to hydrolysis) is 1. The molecule has 0 aliphatic heterocycles. The van der Waals surface area contributed by atoms with Crippen molar-refractivity contribution < 1.29 is 9.53 Å². The number of nitrogens with one attached hydrogen (secondary N) is 1. The normalized spacial score (nSPS) is 31.1. The van der Waals surface area contributed by atoms with E-state index in [0.29, 0.717) is 24.4 Å². The van der Waals surface area contributed by atoms with Crippen molar-refractivity contribution in [3.63, 3.8) is 0 Å². The second-order valence-corrected chi connectivity index (χ2v) is 5.88. The number of allylic oxidation sites excluding steroid dienone is 1. The van der Waals surface area contributed by atoms with Crippen molar-refractivity contribution >= 4 is 6.09 Å². The van der Waals surface area contributed by atoms with Crippen molar-refractivity contribution in [2.75, 3.05) is 0 Å². The molecule has 1 fully saturated rings. The maximum absolute atomic E-state index is 11.9. The van der Waals surface area contributed by atoms with E-state index in [-0.39, 0.29) is 12.1 Å². The van der Waals surface area contributed by atoms with Crippen LogP contribution in [0.3, 0.4) is 0 Å². The lowest BCUT2D eigenvalue weighted by molar-refractivity contribution is 0.111. The highest BCUT2D eigenvalue weighted by atomic mass is 16.5. The largest absolute Gasteiger partial charge is 0.445 e. The number of carbonyl (C=O) groups excluding carboxylic acids is 1. The summed E-state index contributed by atoms with van der Waals surface area (Å²) in [6, 6.07) is 9.99. The summed E-state index contributed by atoms with van der Waals surface area (Å²) in [6.07, 6.45) is 6.70. The van der Waals surface area contributed by atoms with Crippen LogP contribution in [0.1, 0.15) is 25.3 Å². The zero-order valence-corrected chi connectivity index (χ0v) is 11.8. The molecule has 1 aromatic carbocycles. The van der Waals surface area contributed by atoms with E-state index in [4.69, 9.17) is 4.74 Å². The Hall–Kier alpha value is -1.77. The standard InChI is InChI=1S/C17H21NO2/c1-12-14-7-9-15(10-8-14)16(12)18-17(19)20-11-13-5-3-2-4-6-13/h2-7,9,12,14-16H,8,10-11H2,1H3,(H,18,19)/t12-,14+,15-,16+/m1/s1. The summed E-state index contributed by atoms with van der Waals surface area (Å²) in [6.45, 7) is 2.56. The minimum atomic E-state index is -0.299. The van der Waals surface area contributed by atoms with Crippen molar-refractivity contribution in [2.24, 2.45) is 17.8 Å². The van der Waals surface area contributed by atoms with Gasteiger partial charge in [-0.3, -0.25) is 0 Å². The van der Waals surface area contributed by atoms with Gasteiger partial charge in [-0.15, -0.1) is 0 Å². The predicted octanol–water partition coefficient (Wildman–Crippen LogP) is 3.51. The molecule has 4 rings (SSSR count). The first-order valence-corrected chi connectivity index (χ1v) is 7.39. The van der Waals surface area contributed by atoms with E-state index in [1.807, 2.05) is 30.3 Å². The lowest BCUT2D eigenvalue weighted by atomic mass is 9.66. The first kappa shape index (κ1) is 13.2. The van der Waals surface area contributed by atoms with E-state index in [2.05, 4.69) is 24.4 Å². The van der Waals surface area contributed by atoms with Gasteiger partial charge in [0.05, 0.1) is 0 Å². The third-order valence-corrected chi connectivity index (χ3v) is 4.64. The second-order valence-electron chi connectivity index (χ2n) is 5.88. The Balaban J connectivity index is 1.53. The summed E-state index contributed by atoms with van der Waals surface area (Å²) in [5.41, 5.74) is 1.01. The molecule has 0 heterocycles. The minimum Gasteiger partial charge on any atom is -0.445 e. The molecule has 1 aromatic rings. The maximum atomic E-state index is 11.9. The van der Waals surface area contributed by atoms with Gasteiger partial charge in [0.2, 0.25) is 0 Å².